The van der Waals surface area contributed by atoms with E-state index >= 15 is 0 Å². The first-order valence-corrected chi connectivity index (χ1v) is 15.3. The van der Waals surface area contributed by atoms with Gasteiger partial charge in [-0.05, 0) is 80.1 Å². The summed E-state index contributed by atoms with van der Waals surface area (Å²) in [6.45, 7) is 4.79. The number of sulfonamides is 1. The highest BCUT2D eigenvalue weighted by Crippen LogP contribution is 2.33. The molecule has 14 heteroatoms. The summed E-state index contributed by atoms with van der Waals surface area (Å²) in [4.78, 5) is 32.0. The number of hydrogen-bond acceptors (Lipinski definition) is 7. The third kappa shape index (κ3) is 6.60. The van der Waals surface area contributed by atoms with Crippen molar-refractivity contribution in [2.24, 2.45) is 10.7 Å². The lowest BCUT2D eigenvalue weighted by atomic mass is 9.89. The highest BCUT2D eigenvalue weighted by atomic mass is 32.2. The highest BCUT2D eigenvalue weighted by molar-refractivity contribution is 7.92. The van der Waals surface area contributed by atoms with Crippen LogP contribution < -0.4 is 15.8 Å². The summed E-state index contributed by atoms with van der Waals surface area (Å²) in [6, 6.07) is 8.59. The van der Waals surface area contributed by atoms with E-state index in [0.717, 1.165) is 35.1 Å². The largest absolute Gasteiger partial charge is 0.573 e. The number of nitrogens with two attached hydrogens (primary N) is 1. The number of carbonyl (C=O) groups is 2. The predicted octanol–water partition coefficient (Wildman–Crippen LogP) is 3.09. The van der Waals surface area contributed by atoms with Crippen LogP contribution in [0.15, 0.2) is 46.8 Å². The number of aliphatic imine (C=N–C) groups is 1. The first kappa shape index (κ1) is 30.7. The van der Waals surface area contributed by atoms with Crippen LogP contribution in [0.1, 0.15) is 51.9 Å². The van der Waals surface area contributed by atoms with Gasteiger partial charge < -0.3 is 20.7 Å². The Morgan fingerprint density at radius 3 is 2.42 bits per heavy atom. The maximum atomic E-state index is 13.2. The summed E-state index contributed by atoms with van der Waals surface area (Å²) in [7, 11) is -3.85. The lowest BCUT2D eigenvalue weighted by Gasteiger charge is -2.34. The number of piperidine rings is 1. The number of alkyl halides is 3. The minimum atomic E-state index is -4.87. The van der Waals surface area contributed by atoms with Crippen LogP contribution in [0.2, 0.25) is 0 Å². The topological polar surface area (TPSA) is 134 Å². The van der Waals surface area contributed by atoms with E-state index in [0.29, 0.717) is 24.2 Å². The molecule has 3 N–H and O–H groups in total. The zero-order valence-electron chi connectivity index (χ0n) is 23.6. The van der Waals surface area contributed by atoms with Crippen molar-refractivity contribution >= 4 is 33.7 Å². The van der Waals surface area contributed by atoms with Crippen LogP contribution in [0.5, 0.6) is 5.75 Å². The van der Waals surface area contributed by atoms with Crippen molar-refractivity contribution in [1.82, 2.24) is 14.5 Å². The van der Waals surface area contributed by atoms with Gasteiger partial charge in [-0.3, -0.25) is 14.6 Å². The van der Waals surface area contributed by atoms with Crippen molar-refractivity contribution in [3.05, 3.63) is 69.6 Å². The second-order valence-corrected chi connectivity index (χ2v) is 12.9. The summed E-state index contributed by atoms with van der Waals surface area (Å²) in [6.07, 6.45) is -2.40. The second-order valence-electron chi connectivity index (χ2n) is 11.1. The maximum Gasteiger partial charge on any atom is 0.573 e. The number of nitrogens with one attached hydrogen (secondary N) is 1. The number of ether oxygens (including phenoxy) is 1. The summed E-state index contributed by atoms with van der Waals surface area (Å²) >= 11 is 0. The van der Waals surface area contributed by atoms with Crippen molar-refractivity contribution in [1.29, 1.82) is 0 Å². The van der Waals surface area contributed by atoms with E-state index in [9.17, 15) is 31.2 Å². The molecule has 2 amide bonds. The van der Waals surface area contributed by atoms with Crippen LogP contribution in [0.4, 0.5) is 13.2 Å². The SMILES string of the molecule is Cc1cc(C(=O)N2CC[C@@H](N)C2)cc(C)c1/C=C/S(=O)(=O)N1CCC2(CC1)N=C(c1cccc(OC(F)(F)F)c1)NC2=O. The summed E-state index contributed by atoms with van der Waals surface area (Å²) < 4.78 is 69.5. The molecule has 10 nitrogen and oxygen atoms in total. The lowest BCUT2D eigenvalue weighted by molar-refractivity contribution is -0.274. The second kappa shape index (κ2) is 11.4. The van der Waals surface area contributed by atoms with E-state index in [1.165, 1.54) is 22.5 Å². The van der Waals surface area contributed by atoms with Crippen LogP contribution in [-0.2, 0) is 14.8 Å². The molecule has 43 heavy (non-hydrogen) atoms. The number of rotatable bonds is 6. The molecule has 0 saturated carbocycles. The van der Waals surface area contributed by atoms with Crippen LogP contribution in [0.3, 0.4) is 0 Å². The Labute approximate surface area is 247 Å². The van der Waals surface area contributed by atoms with Gasteiger partial charge in [0, 0.05) is 48.8 Å². The first-order chi connectivity index (χ1) is 20.2. The normalized spacial score (nSPS) is 21.0. The van der Waals surface area contributed by atoms with Crippen LogP contribution in [0, 0.1) is 13.8 Å². The summed E-state index contributed by atoms with van der Waals surface area (Å²) in [5, 5.41) is 3.75. The molecular formula is C29H32F3N5O5S. The van der Waals surface area contributed by atoms with Crippen LogP contribution in [0.25, 0.3) is 6.08 Å². The van der Waals surface area contributed by atoms with Gasteiger partial charge in [0.1, 0.15) is 17.1 Å². The monoisotopic (exact) mass is 619 g/mol. The Morgan fingerprint density at radius 2 is 1.81 bits per heavy atom. The third-order valence-electron chi connectivity index (χ3n) is 7.99. The zero-order chi connectivity index (χ0) is 31.2. The van der Waals surface area contributed by atoms with Crippen molar-refractivity contribution in [2.45, 2.75) is 51.1 Å². The molecule has 1 atom stereocenters. The van der Waals surface area contributed by atoms with E-state index < -0.39 is 33.6 Å². The molecule has 3 heterocycles. The molecule has 0 aromatic heterocycles. The summed E-state index contributed by atoms with van der Waals surface area (Å²) in [5.74, 6) is -0.879. The van der Waals surface area contributed by atoms with Gasteiger partial charge in [-0.15, -0.1) is 13.2 Å². The Hall–Kier alpha value is -3.75. The third-order valence-corrected chi connectivity index (χ3v) is 9.56. The number of nitrogens with zero attached hydrogens (tertiary/aromatic N) is 3. The fourth-order valence-corrected chi connectivity index (χ4v) is 6.87. The van der Waals surface area contributed by atoms with Gasteiger partial charge in [0.2, 0.25) is 10.0 Å². The van der Waals surface area contributed by atoms with Crippen molar-refractivity contribution in [2.75, 3.05) is 26.2 Å². The minimum absolute atomic E-state index is 0.0253. The number of hydrogen-bond donors (Lipinski definition) is 2. The van der Waals surface area contributed by atoms with E-state index in [1.54, 1.807) is 17.0 Å². The molecule has 2 aromatic rings. The number of amides is 2. The van der Waals surface area contributed by atoms with Gasteiger partial charge in [-0.1, -0.05) is 12.1 Å². The first-order valence-electron chi connectivity index (χ1n) is 13.8. The Balaban J connectivity index is 1.26. The molecule has 0 bridgehead atoms. The molecule has 0 aliphatic carbocycles. The average Bonchev–Trinajstić information content (AvgIpc) is 3.50. The number of halogens is 3. The molecule has 3 aliphatic rings. The molecule has 0 unspecified atom stereocenters. The molecule has 5 rings (SSSR count). The van der Waals surface area contributed by atoms with E-state index in [-0.39, 0.29) is 49.3 Å². The molecule has 2 fully saturated rings. The van der Waals surface area contributed by atoms with Gasteiger partial charge >= 0.3 is 6.36 Å². The highest BCUT2D eigenvalue weighted by Gasteiger charge is 2.47. The van der Waals surface area contributed by atoms with E-state index in [2.05, 4.69) is 15.0 Å². The van der Waals surface area contributed by atoms with Crippen molar-refractivity contribution < 1.29 is 35.9 Å². The number of amidine groups is 1. The summed E-state index contributed by atoms with van der Waals surface area (Å²) in [5.41, 5.74) is 7.68. The van der Waals surface area contributed by atoms with Gasteiger partial charge in [-0.25, -0.2) is 8.42 Å². The molecule has 230 valence electrons. The van der Waals surface area contributed by atoms with Gasteiger partial charge in [0.05, 0.1) is 0 Å². The zero-order valence-corrected chi connectivity index (χ0v) is 24.5. The number of likely N-dealkylation sites (tertiary alicyclic amines) is 1. The molecule has 1 spiro atoms. The van der Waals surface area contributed by atoms with Crippen LogP contribution in [-0.4, -0.2) is 79.4 Å². The Morgan fingerprint density at radius 1 is 1.14 bits per heavy atom. The standard InChI is InChI=1S/C29H32F3N5O5S/c1-18-14-21(26(38)36-10-6-22(33)17-36)15-19(2)24(18)7-13-43(40,41)37-11-8-28(9-12-37)27(39)34-25(35-28)20-4-3-5-23(16-20)42-29(30,31)32/h3-5,7,13-16,22H,6,8-12,17,33H2,1-2H3,(H,34,35,39)/b13-7+/t22-/m1/s1. The molecule has 3 aliphatic heterocycles. The van der Waals surface area contributed by atoms with Crippen molar-refractivity contribution in [3.8, 4) is 5.75 Å². The van der Waals surface area contributed by atoms with Gasteiger partial charge in [0.25, 0.3) is 11.8 Å². The molecule has 2 saturated heterocycles. The minimum Gasteiger partial charge on any atom is -0.406 e. The fraction of sp³-hybridized carbons (Fsp3) is 0.414. The number of benzene rings is 2. The van der Waals surface area contributed by atoms with Crippen molar-refractivity contribution in [3.63, 3.8) is 0 Å². The van der Waals surface area contributed by atoms with E-state index in [4.69, 9.17) is 5.73 Å². The Kier molecular flexibility index (Phi) is 8.13. The predicted molar refractivity (Wildman–Crippen MR) is 154 cm³/mol. The van der Waals surface area contributed by atoms with E-state index in [1.807, 2.05) is 13.8 Å². The molecule has 0 radical (unpaired) electrons. The Bertz CT molecular complexity index is 1590. The van der Waals surface area contributed by atoms with Gasteiger partial charge in [0.15, 0.2) is 0 Å². The fourth-order valence-electron chi connectivity index (χ4n) is 5.70. The number of aryl methyl sites for hydroxylation is 2. The number of carbonyl (C=O) groups excluding carboxylic acids is 2. The van der Waals surface area contributed by atoms with Crippen LogP contribution >= 0.6 is 0 Å². The average molecular weight is 620 g/mol. The quantitative estimate of drug-likeness (QED) is 0.511. The lowest BCUT2D eigenvalue weighted by Crippen LogP contribution is -2.50. The molecular weight excluding hydrogens is 587 g/mol. The maximum absolute atomic E-state index is 13.2. The molecule has 2 aromatic carbocycles. The van der Waals surface area contributed by atoms with Gasteiger partial charge in [-0.2, -0.15) is 4.31 Å². The smallest absolute Gasteiger partial charge is 0.406 e.